The molecule has 1 aliphatic rings. The Balaban J connectivity index is 0.00000380. The number of carbonyl (C=O) groups is 2. The predicted octanol–water partition coefficient (Wildman–Crippen LogP) is 4.15. The zero-order valence-corrected chi connectivity index (χ0v) is 21.2. The molecule has 1 aromatic heterocycles. The maximum Gasteiger partial charge on any atom is 0.417 e. The summed E-state index contributed by atoms with van der Waals surface area (Å²) in [6, 6.07) is 11.0. The van der Waals surface area contributed by atoms with Crippen LogP contribution in [0.1, 0.15) is 37.3 Å². The molecule has 1 saturated heterocycles. The van der Waals surface area contributed by atoms with Gasteiger partial charge in [-0.05, 0) is 56.5 Å². The number of halogens is 4. The number of ether oxygens (including phenoxy) is 1. The Morgan fingerprint density at radius 2 is 1.81 bits per heavy atom. The number of hydrogen-bond donors (Lipinski definition) is 3. The minimum Gasteiger partial charge on any atom is -0.457 e. The van der Waals surface area contributed by atoms with Crippen LogP contribution in [0.2, 0.25) is 0 Å². The van der Waals surface area contributed by atoms with E-state index in [1.165, 1.54) is 24.3 Å². The fourth-order valence-electron chi connectivity index (χ4n) is 4.57. The standard InChI is InChI=1S/C26H26F3N3O4.ClH/c1-25(2,36-22(33)13-30-3)21-12-18(24(35)32-21)14-8-9-15-11-20(31-23(34)17(15)10-14)16-6-4-5-7-19(16)26(27,28)29;/h4-11,18,21,30H,12-13H2,1-3H3,(H,31,34)(H,32,35);1H/t18-,21?;/m0./s1. The van der Waals surface area contributed by atoms with E-state index >= 15 is 0 Å². The van der Waals surface area contributed by atoms with E-state index in [2.05, 4.69) is 15.6 Å². The van der Waals surface area contributed by atoms with Gasteiger partial charge in [-0.25, -0.2) is 0 Å². The van der Waals surface area contributed by atoms with Crippen molar-refractivity contribution in [1.82, 2.24) is 15.6 Å². The average Bonchev–Trinajstić information content (AvgIpc) is 3.21. The molecule has 3 aromatic rings. The normalized spacial score (nSPS) is 17.8. The van der Waals surface area contributed by atoms with Gasteiger partial charge in [-0.15, -0.1) is 12.4 Å². The lowest BCUT2D eigenvalue weighted by Crippen LogP contribution is -2.48. The van der Waals surface area contributed by atoms with Gasteiger partial charge in [-0.3, -0.25) is 14.4 Å². The minimum atomic E-state index is -4.58. The van der Waals surface area contributed by atoms with E-state index < -0.39 is 40.8 Å². The van der Waals surface area contributed by atoms with Crippen LogP contribution in [0.15, 0.2) is 53.3 Å². The molecule has 3 N–H and O–H groups in total. The summed E-state index contributed by atoms with van der Waals surface area (Å²) in [5, 5.41) is 6.31. The number of H-pyrrole nitrogens is 1. The first-order valence-electron chi connectivity index (χ1n) is 11.4. The van der Waals surface area contributed by atoms with E-state index in [1.807, 2.05) is 0 Å². The van der Waals surface area contributed by atoms with Crippen LogP contribution in [-0.2, 0) is 20.5 Å². The molecule has 11 heteroatoms. The van der Waals surface area contributed by atoms with Crippen molar-refractivity contribution in [3.05, 3.63) is 70.0 Å². The molecular weight excluding hydrogens is 511 g/mol. The van der Waals surface area contributed by atoms with Crippen molar-refractivity contribution in [1.29, 1.82) is 0 Å². The highest BCUT2D eigenvalue weighted by Gasteiger charge is 2.43. The maximum atomic E-state index is 13.5. The first-order valence-corrected chi connectivity index (χ1v) is 11.4. The monoisotopic (exact) mass is 537 g/mol. The van der Waals surface area contributed by atoms with E-state index in [0.29, 0.717) is 17.4 Å². The van der Waals surface area contributed by atoms with E-state index in [0.717, 1.165) is 6.07 Å². The second kappa shape index (κ2) is 10.5. The SMILES string of the molecule is CNCC(=O)OC(C)(C)C1C[C@@H](c2ccc3cc(-c4ccccc4C(F)(F)F)[nH]c(=O)c3c2)C(=O)N1.Cl. The molecule has 37 heavy (non-hydrogen) atoms. The number of esters is 1. The Labute approximate surface area is 217 Å². The smallest absolute Gasteiger partial charge is 0.417 e. The van der Waals surface area contributed by atoms with Crippen molar-refractivity contribution in [2.75, 3.05) is 13.6 Å². The number of likely N-dealkylation sites (N-methyl/N-ethyl adjacent to an activating group) is 1. The number of benzene rings is 2. The summed E-state index contributed by atoms with van der Waals surface area (Å²) < 4.78 is 45.9. The molecule has 0 saturated carbocycles. The maximum absolute atomic E-state index is 13.5. The number of nitrogens with one attached hydrogen (secondary N) is 3. The molecule has 1 unspecified atom stereocenters. The third kappa shape index (κ3) is 5.80. The van der Waals surface area contributed by atoms with Gasteiger partial charge in [0.15, 0.2) is 0 Å². The van der Waals surface area contributed by atoms with Gasteiger partial charge in [0.05, 0.1) is 24.1 Å². The van der Waals surface area contributed by atoms with Gasteiger partial charge in [-0.1, -0.05) is 30.3 Å². The average molecular weight is 538 g/mol. The van der Waals surface area contributed by atoms with E-state index in [1.54, 1.807) is 39.1 Å². The minimum absolute atomic E-state index is 0. The highest BCUT2D eigenvalue weighted by Crippen LogP contribution is 2.37. The van der Waals surface area contributed by atoms with Crippen molar-refractivity contribution in [2.45, 2.75) is 44.0 Å². The molecule has 1 fully saturated rings. The molecule has 2 heterocycles. The first-order chi connectivity index (χ1) is 16.9. The number of carbonyl (C=O) groups excluding carboxylic acids is 2. The summed E-state index contributed by atoms with van der Waals surface area (Å²) in [6.07, 6.45) is -4.23. The highest BCUT2D eigenvalue weighted by atomic mass is 35.5. The number of amides is 1. The summed E-state index contributed by atoms with van der Waals surface area (Å²) in [6.45, 7) is 3.48. The molecule has 0 radical (unpaired) electrons. The van der Waals surface area contributed by atoms with Crippen LogP contribution in [-0.4, -0.2) is 42.1 Å². The van der Waals surface area contributed by atoms with Gasteiger partial charge in [0.25, 0.3) is 5.56 Å². The van der Waals surface area contributed by atoms with Crippen LogP contribution in [0, 0.1) is 0 Å². The molecule has 0 bridgehead atoms. The van der Waals surface area contributed by atoms with Crippen molar-refractivity contribution in [2.24, 2.45) is 0 Å². The lowest BCUT2D eigenvalue weighted by molar-refractivity contribution is -0.158. The Bertz CT molecular complexity index is 1390. The van der Waals surface area contributed by atoms with Gasteiger partial charge in [0.1, 0.15) is 5.60 Å². The van der Waals surface area contributed by atoms with E-state index in [-0.39, 0.29) is 41.5 Å². The van der Waals surface area contributed by atoms with Gasteiger partial charge >= 0.3 is 12.1 Å². The largest absolute Gasteiger partial charge is 0.457 e. The molecule has 0 aliphatic carbocycles. The summed E-state index contributed by atoms with van der Waals surface area (Å²) in [4.78, 5) is 40.2. The lowest BCUT2D eigenvalue weighted by atomic mass is 9.89. The number of hydrogen-bond acceptors (Lipinski definition) is 5. The van der Waals surface area contributed by atoms with Crippen LogP contribution in [0.5, 0.6) is 0 Å². The zero-order chi connectivity index (χ0) is 26.3. The molecule has 7 nitrogen and oxygen atoms in total. The summed E-state index contributed by atoms with van der Waals surface area (Å²) in [5.41, 5.74) is -1.83. The Morgan fingerprint density at radius 3 is 2.49 bits per heavy atom. The van der Waals surface area contributed by atoms with Crippen molar-refractivity contribution < 1.29 is 27.5 Å². The number of aromatic nitrogens is 1. The van der Waals surface area contributed by atoms with Crippen LogP contribution >= 0.6 is 12.4 Å². The second-order valence-electron chi connectivity index (χ2n) is 9.36. The van der Waals surface area contributed by atoms with Gasteiger partial charge < -0.3 is 20.4 Å². The molecule has 2 atom stereocenters. The molecule has 4 rings (SSSR count). The summed E-state index contributed by atoms with van der Waals surface area (Å²) in [5.74, 6) is -1.28. The van der Waals surface area contributed by atoms with Crippen molar-refractivity contribution in [3.63, 3.8) is 0 Å². The number of rotatable bonds is 6. The van der Waals surface area contributed by atoms with Crippen LogP contribution in [0.3, 0.4) is 0 Å². The Hall–Kier alpha value is -3.37. The lowest BCUT2D eigenvalue weighted by Gasteiger charge is -2.31. The number of pyridine rings is 1. The number of fused-ring (bicyclic) bond motifs is 1. The summed E-state index contributed by atoms with van der Waals surface area (Å²) in [7, 11) is 1.63. The molecule has 198 valence electrons. The number of alkyl halides is 3. The van der Waals surface area contributed by atoms with Gasteiger partial charge in [0.2, 0.25) is 5.91 Å². The Kier molecular flexibility index (Phi) is 8.04. The van der Waals surface area contributed by atoms with Crippen molar-refractivity contribution >= 4 is 35.1 Å². The second-order valence-corrected chi connectivity index (χ2v) is 9.36. The van der Waals surface area contributed by atoms with Crippen LogP contribution in [0.4, 0.5) is 13.2 Å². The Morgan fingerprint density at radius 1 is 1.11 bits per heavy atom. The molecule has 0 spiro atoms. The van der Waals surface area contributed by atoms with E-state index in [9.17, 15) is 27.6 Å². The molecule has 1 aliphatic heterocycles. The number of aromatic amines is 1. The third-order valence-corrected chi connectivity index (χ3v) is 6.44. The van der Waals surface area contributed by atoms with E-state index in [4.69, 9.17) is 4.74 Å². The predicted molar refractivity (Wildman–Crippen MR) is 136 cm³/mol. The highest BCUT2D eigenvalue weighted by molar-refractivity contribution is 5.90. The fourth-order valence-corrected chi connectivity index (χ4v) is 4.57. The third-order valence-electron chi connectivity index (χ3n) is 6.44. The van der Waals surface area contributed by atoms with Crippen LogP contribution < -0.4 is 16.2 Å². The summed E-state index contributed by atoms with van der Waals surface area (Å²) >= 11 is 0. The topological polar surface area (TPSA) is 100 Å². The van der Waals surface area contributed by atoms with Gasteiger partial charge in [-0.2, -0.15) is 13.2 Å². The zero-order valence-electron chi connectivity index (χ0n) is 20.4. The molecule has 2 aromatic carbocycles. The van der Waals surface area contributed by atoms with Crippen LogP contribution in [0.25, 0.3) is 22.0 Å². The van der Waals surface area contributed by atoms with Crippen molar-refractivity contribution in [3.8, 4) is 11.3 Å². The first kappa shape index (κ1) is 28.2. The van der Waals surface area contributed by atoms with Gasteiger partial charge in [0, 0.05) is 16.6 Å². The molecular formula is C26H27ClF3N3O4. The fraction of sp³-hybridized carbons (Fsp3) is 0.346. The molecule has 1 amide bonds. The quantitative estimate of drug-likeness (QED) is 0.410.